The average Bonchev–Trinajstić information content (AvgIpc) is 2.54. The molecule has 0 aliphatic rings. The maximum absolute atomic E-state index is 4.42. The average molecular weight is 228 g/mol. The standard InChI is InChI=1S/C15H20N2/c1-7-11(4)14(16-10(2)3)9-15-12(5)8-13(6)17-15/h8-9,17H,2,4,6-7H2,1,3,5H3/b15-9-,16-14?. The van der Waals surface area contributed by atoms with Gasteiger partial charge in [0.1, 0.15) is 0 Å². The Morgan fingerprint density at radius 2 is 2.12 bits per heavy atom. The number of hydrogen-bond acceptors (Lipinski definition) is 1. The largest absolute Gasteiger partial charge is 0.356 e. The molecule has 0 saturated carbocycles. The van der Waals surface area contributed by atoms with Crippen LogP contribution < -0.4 is 10.7 Å². The van der Waals surface area contributed by atoms with Crippen molar-refractivity contribution in [2.45, 2.75) is 27.2 Å². The maximum Gasteiger partial charge on any atom is 0.0679 e. The number of nitrogens with zero attached hydrogens (tertiary/aromatic N) is 1. The van der Waals surface area contributed by atoms with Crippen molar-refractivity contribution < 1.29 is 0 Å². The minimum atomic E-state index is 0.782. The molecule has 0 aliphatic heterocycles. The van der Waals surface area contributed by atoms with E-state index in [1.807, 2.05) is 26.0 Å². The summed E-state index contributed by atoms with van der Waals surface area (Å²) in [6.45, 7) is 17.7. The lowest BCUT2D eigenvalue weighted by Gasteiger charge is -2.02. The number of aryl methyl sites for hydroxylation is 1. The zero-order valence-corrected chi connectivity index (χ0v) is 10.9. The monoisotopic (exact) mass is 228 g/mol. The normalized spacial score (nSPS) is 12.9. The highest BCUT2D eigenvalue weighted by molar-refractivity contribution is 6.20. The van der Waals surface area contributed by atoms with Crippen LogP contribution in [-0.4, -0.2) is 10.7 Å². The Morgan fingerprint density at radius 1 is 1.47 bits per heavy atom. The van der Waals surface area contributed by atoms with Crippen molar-refractivity contribution in [3.05, 3.63) is 46.8 Å². The summed E-state index contributed by atoms with van der Waals surface area (Å²) < 4.78 is 0. The predicted molar refractivity (Wildman–Crippen MR) is 76.4 cm³/mol. The van der Waals surface area contributed by atoms with E-state index in [1.165, 1.54) is 0 Å². The van der Waals surface area contributed by atoms with Gasteiger partial charge in [0.25, 0.3) is 0 Å². The summed E-state index contributed by atoms with van der Waals surface area (Å²) in [5, 5.41) is 1.94. The van der Waals surface area contributed by atoms with Gasteiger partial charge in [0.15, 0.2) is 0 Å². The number of H-pyrrole nitrogens is 1. The molecule has 0 radical (unpaired) electrons. The van der Waals surface area contributed by atoms with Crippen molar-refractivity contribution in [2.75, 3.05) is 0 Å². The fourth-order valence-electron chi connectivity index (χ4n) is 1.53. The molecule has 2 nitrogen and oxygen atoms in total. The van der Waals surface area contributed by atoms with Crippen LogP contribution in [0, 0.1) is 6.92 Å². The van der Waals surface area contributed by atoms with Crippen molar-refractivity contribution in [1.82, 2.24) is 4.98 Å². The molecule has 0 bridgehead atoms. The quantitative estimate of drug-likeness (QED) is 0.767. The number of hydrogen-bond donors (Lipinski definition) is 1. The van der Waals surface area contributed by atoms with Crippen LogP contribution in [-0.2, 0) is 0 Å². The molecule has 0 aliphatic carbocycles. The molecule has 0 amide bonds. The topological polar surface area (TPSA) is 28.1 Å². The minimum Gasteiger partial charge on any atom is -0.356 e. The second kappa shape index (κ2) is 5.48. The van der Waals surface area contributed by atoms with Gasteiger partial charge in [0, 0.05) is 16.4 Å². The summed E-state index contributed by atoms with van der Waals surface area (Å²) >= 11 is 0. The van der Waals surface area contributed by atoms with Gasteiger partial charge in [-0.15, -0.1) is 0 Å². The van der Waals surface area contributed by atoms with Gasteiger partial charge in [-0.1, -0.05) is 26.7 Å². The highest BCUT2D eigenvalue weighted by Crippen LogP contribution is 2.05. The zero-order chi connectivity index (χ0) is 13.0. The Labute approximate surface area is 103 Å². The number of aliphatic imine (C=N–C) groups is 1. The molecule has 1 aromatic heterocycles. The van der Waals surface area contributed by atoms with Crippen molar-refractivity contribution >= 4 is 18.4 Å². The maximum atomic E-state index is 4.42. The summed E-state index contributed by atoms with van der Waals surface area (Å²) in [6, 6.07) is 2.01. The van der Waals surface area contributed by atoms with Crippen molar-refractivity contribution in [3.8, 4) is 0 Å². The number of nitrogens with one attached hydrogen (secondary N) is 1. The van der Waals surface area contributed by atoms with E-state index in [1.54, 1.807) is 0 Å². The molecule has 0 saturated heterocycles. The van der Waals surface area contributed by atoms with Gasteiger partial charge in [-0.05, 0) is 43.5 Å². The van der Waals surface area contributed by atoms with Gasteiger partial charge in [-0.25, -0.2) is 0 Å². The highest BCUT2D eigenvalue weighted by atomic mass is 14.7. The fourth-order valence-corrected chi connectivity index (χ4v) is 1.53. The molecule has 0 fully saturated rings. The zero-order valence-electron chi connectivity index (χ0n) is 10.9. The molecule has 1 N–H and O–H groups in total. The van der Waals surface area contributed by atoms with Crippen molar-refractivity contribution in [1.29, 1.82) is 0 Å². The van der Waals surface area contributed by atoms with Crippen LogP contribution in [0.1, 0.15) is 25.8 Å². The molecule has 0 aromatic carbocycles. The van der Waals surface area contributed by atoms with E-state index in [4.69, 9.17) is 0 Å². The van der Waals surface area contributed by atoms with E-state index in [-0.39, 0.29) is 0 Å². The molecule has 0 atom stereocenters. The first-order valence-electron chi connectivity index (χ1n) is 5.72. The highest BCUT2D eigenvalue weighted by Gasteiger charge is 2.01. The third-order valence-electron chi connectivity index (χ3n) is 2.49. The lowest BCUT2D eigenvalue weighted by Crippen LogP contribution is -2.13. The van der Waals surface area contributed by atoms with Crippen LogP contribution in [0.4, 0.5) is 0 Å². The van der Waals surface area contributed by atoms with Gasteiger partial charge < -0.3 is 4.98 Å². The molecule has 0 unspecified atom stereocenters. The Hall–Kier alpha value is -1.83. The Bertz CT molecular complexity index is 571. The van der Waals surface area contributed by atoms with E-state index < -0.39 is 0 Å². The number of allylic oxidation sites excluding steroid dienone is 2. The molecule has 1 aromatic rings. The molecule has 0 spiro atoms. The second-order valence-electron chi connectivity index (χ2n) is 4.23. The Balaban J connectivity index is 3.32. The summed E-state index contributed by atoms with van der Waals surface area (Å²) in [5.74, 6) is 0. The van der Waals surface area contributed by atoms with Crippen LogP contribution in [0.5, 0.6) is 0 Å². The molecular weight excluding hydrogens is 208 g/mol. The van der Waals surface area contributed by atoms with Crippen LogP contribution in [0.3, 0.4) is 0 Å². The van der Waals surface area contributed by atoms with E-state index in [9.17, 15) is 0 Å². The van der Waals surface area contributed by atoms with Gasteiger partial charge in [0.2, 0.25) is 0 Å². The number of rotatable bonds is 4. The summed E-state index contributed by atoms with van der Waals surface area (Å²) in [6.07, 6.45) is 2.88. The van der Waals surface area contributed by atoms with Crippen molar-refractivity contribution in [2.24, 2.45) is 4.99 Å². The van der Waals surface area contributed by atoms with Gasteiger partial charge in [-0.2, -0.15) is 0 Å². The molecular formula is C15H20N2. The van der Waals surface area contributed by atoms with Crippen LogP contribution >= 0.6 is 0 Å². The number of aromatic nitrogens is 1. The minimum absolute atomic E-state index is 0.782. The first-order valence-corrected chi connectivity index (χ1v) is 5.72. The second-order valence-corrected chi connectivity index (χ2v) is 4.23. The molecule has 17 heavy (non-hydrogen) atoms. The summed E-state index contributed by atoms with van der Waals surface area (Å²) in [7, 11) is 0. The van der Waals surface area contributed by atoms with Gasteiger partial charge in [0.05, 0.1) is 5.71 Å². The first-order chi connectivity index (χ1) is 7.93. The van der Waals surface area contributed by atoms with Crippen LogP contribution in [0.2, 0.25) is 0 Å². The van der Waals surface area contributed by atoms with Gasteiger partial charge in [-0.3, -0.25) is 4.99 Å². The third-order valence-corrected chi connectivity index (χ3v) is 2.49. The lowest BCUT2D eigenvalue weighted by molar-refractivity contribution is 1.17. The lowest BCUT2D eigenvalue weighted by atomic mass is 10.1. The van der Waals surface area contributed by atoms with E-state index in [2.05, 4.69) is 36.6 Å². The molecule has 2 heteroatoms. The van der Waals surface area contributed by atoms with E-state index >= 15 is 0 Å². The molecule has 90 valence electrons. The van der Waals surface area contributed by atoms with E-state index in [0.29, 0.717) is 0 Å². The van der Waals surface area contributed by atoms with Crippen LogP contribution in [0.15, 0.2) is 35.5 Å². The SMILES string of the molecule is C=C(C)N=C(/C=c1\[nH]c(=C)cc1C)C(=C)CC. The Morgan fingerprint density at radius 3 is 2.53 bits per heavy atom. The molecule has 1 rings (SSSR count). The predicted octanol–water partition coefficient (Wildman–Crippen LogP) is 2.45. The van der Waals surface area contributed by atoms with E-state index in [0.717, 1.165) is 39.7 Å². The fraction of sp³-hybridized carbons (Fsp3) is 0.267. The smallest absolute Gasteiger partial charge is 0.0679 e. The summed E-state index contributed by atoms with van der Waals surface area (Å²) in [4.78, 5) is 7.63. The van der Waals surface area contributed by atoms with Gasteiger partial charge >= 0.3 is 0 Å². The summed E-state index contributed by atoms with van der Waals surface area (Å²) in [5.41, 5.74) is 3.83. The Kier molecular flexibility index (Phi) is 4.27. The number of aromatic amines is 1. The first kappa shape index (κ1) is 13.2. The third kappa shape index (κ3) is 3.59. The van der Waals surface area contributed by atoms with Crippen molar-refractivity contribution in [3.63, 3.8) is 0 Å². The van der Waals surface area contributed by atoms with Crippen LogP contribution in [0.25, 0.3) is 12.7 Å². The molecule has 1 heterocycles.